The molecule has 1 amide bonds. The lowest BCUT2D eigenvalue weighted by atomic mass is 10.1. The molecule has 5 nitrogen and oxygen atoms in total. The summed E-state index contributed by atoms with van der Waals surface area (Å²) in [7, 11) is 0. The molecule has 31 heavy (non-hydrogen) atoms. The van der Waals surface area contributed by atoms with Crippen LogP contribution in [0.5, 0.6) is 0 Å². The van der Waals surface area contributed by atoms with Gasteiger partial charge in [0.1, 0.15) is 11.6 Å². The molecule has 0 aliphatic carbocycles. The van der Waals surface area contributed by atoms with Gasteiger partial charge in [-0.1, -0.05) is 29.8 Å². The van der Waals surface area contributed by atoms with Crippen molar-refractivity contribution in [3.05, 3.63) is 89.4 Å². The molecule has 0 saturated carbocycles. The Kier molecular flexibility index (Phi) is 6.57. The van der Waals surface area contributed by atoms with Gasteiger partial charge >= 0.3 is 0 Å². The first kappa shape index (κ1) is 21.0. The molecule has 2 heterocycles. The zero-order valence-electron chi connectivity index (χ0n) is 17.7. The Morgan fingerprint density at radius 1 is 0.968 bits per heavy atom. The molecule has 0 radical (unpaired) electrons. The van der Waals surface area contributed by atoms with Crippen molar-refractivity contribution >= 4 is 17.4 Å². The van der Waals surface area contributed by atoms with Crippen LogP contribution in [0.15, 0.2) is 66.9 Å². The SMILES string of the molecule is Cc1ccc(CN2CCCN(c3ccc(NC(=O)c4ccc(F)cc4)cn3)CC2)cc1. The number of hydrogen-bond acceptors (Lipinski definition) is 4. The second-order valence-electron chi connectivity index (χ2n) is 7.97. The van der Waals surface area contributed by atoms with Crippen LogP contribution in [0.25, 0.3) is 0 Å². The molecule has 1 aliphatic heterocycles. The van der Waals surface area contributed by atoms with Crippen molar-refractivity contribution in [3.63, 3.8) is 0 Å². The summed E-state index contributed by atoms with van der Waals surface area (Å²) in [6.45, 7) is 7.00. The highest BCUT2D eigenvalue weighted by atomic mass is 19.1. The monoisotopic (exact) mass is 418 g/mol. The number of anilines is 2. The molecule has 0 atom stereocenters. The fraction of sp³-hybridized carbons (Fsp3) is 0.280. The highest BCUT2D eigenvalue weighted by Crippen LogP contribution is 2.18. The summed E-state index contributed by atoms with van der Waals surface area (Å²) in [4.78, 5) is 21.6. The standard InChI is InChI=1S/C25H27FN4O/c1-19-3-5-20(6-4-19)18-29-13-2-14-30(16-15-29)24-12-11-23(17-27-24)28-25(31)21-7-9-22(26)10-8-21/h3-12,17H,2,13-16,18H2,1H3,(H,28,31). The molecule has 0 unspecified atom stereocenters. The zero-order valence-corrected chi connectivity index (χ0v) is 17.7. The number of aryl methyl sites for hydroxylation is 1. The van der Waals surface area contributed by atoms with Crippen LogP contribution in [-0.4, -0.2) is 42.0 Å². The Bertz CT molecular complexity index is 1000. The Morgan fingerprint density at radius 3 is 2.45 bits per heavy atom. The quantitative estimate of drug-likeness (QED) is 0.663. The van der Waals surface area contributed by atoms with Crippen LogP contribution in [-0.2, 0) is 6.54 Å². The van der Waals surface area contributed by atoms with Crippen molar-refractivity contribution in [1.82, 2.24) is 9.88 Å². The molecule has 1 fully saturated rings. The topological polar surface area (TPSA) is 48.5 Å². The van der Waals surface area contributed by atoms with E-state index in [-0.39, 0.29) is 11.7 Å². The number of nitrogens with one attached hydrogen (secondary N) is 1. The van der Waals surface area contributed by atoms with Crippen LogP contribution in [0.2, 0.25) is 0 Å². The largest absolute Gasteiger partial charge is 0.355 e. The predicted octanol–water partition coefficient (Wildman–Crippen LogP) is 4.49. The summed E-state index contributed by atoms with van der Waals surface area (Å²) in [5, 5.41) is 2.81. The summed E-state index contributed by atoms with van der Waals surface area (Å²) in [5.41, 5.74) is 3.66. The minimum absolute atomic E-state index is 0.281. The fourth-order valence-electron chi connectivity index (χ4n) is 3.76. The lowest BCUT2D eigenvalue weighted by molar-refractivity contribution is 0.102. The van der Waals surface area contributed by atoms with Crippen molar-refractivity contribution in [2.45, 2.75) is 19.9 Å². The van der Waals surface area contributed by atoms with E-state index in [2.05, 4.69) is 51.3 Å². The molecule has 0 bridgehead atoms. The van der Waals surface area contributed by atoms with E-state index in [0.29, 0.717) is 11.3 Å². The van der Waals surface area contributed by atoms with E-state index in [0.717, 1.165) is 45.0 Å². The van der Waals surface area contributed by atoms with Crippen LogP contribution in [0, 0.1) is 12.7 Å². The molecule has 1 N–H and O–H groups in total. The van der Waals surface area contributed by atoms with Crippen LogP contribution in [0.1, 0.15) is 27.9 Å². The van der Waals surface area contributed by atoms with E-state index in [1.54, 1.807) is 6.20 Å². The van der Waals surface area contributed by atoms with Gasteiger partial charge in [-0.25, -0.2) is 9.37 Å². The Labute approximate surface area is 182 Å². The summed E-state index contributed by atoms with van der Waals surface area (Å²) < 4.78 is 13.0. The van der Waals surface area contributed by atoms with Crippen molar-refractivity contribution < 1.29 is 9.18 Å². The zero-order chi connectivity index (χ0) is 21.6. The van der Waals surface area contributed by atoms with Crippen molar-refractivity contribution in [2.24, 2.45) is 0 Å². The summed E-state index contributed by atoms with van der Waals surface area (Å²) in [6, 6.07) is 18.0. The second kappa shape index (κ2) is 9.71. The Balaban J connectivity index is 1.32. The maximum atomic E-state index is 13.0. The molecule has 0 spiro atoms. The first-order valence-corrected chi connectivity index (χ1v) is 10.6. The number of hydrogen-bond donors (Lipinski definition) is 1. The van der Waals surface area contributed by atoms with Crippen LogP contribution in [0.3, 0.4) is 0 Å². The minimum atomic E-state index is -0.363. The molecule has 1 saturated heterocycles. The maximum absolute atomic E-state index is 13.0. The first-order chi connectivity index (χ1) is 15.1. The molecule has 3 aromatic rings. The molecule has 1 aliphatic rings. The van der Waals surface area contributed by atoms with Gasteiger partial charge in [-0.05, 0) is 55.3 Å². The Hall–Kier alpha value is -3.25. The maximum Gasteiger partial charge on any atom is 0.255 e. The smallest absolute Gasteiger partial charge is 0.255 e. The Morgan fingerprint density at radius 2 is 1.74 bits per heavy atom. The number of nitrogens with zero attached hydrogens (tertiary/aromatic N) is 3. The van der Waals surface area contributed by atoms with Gasteiger partial charge in [-0.3, -0.25) is 9.69 Å². The lowest BCUT2D eigenvalue weighted by Gasteiger charge is -2.23. The summed E-state index contributed by atoms with van der Waals surface area (Å²) in [5.74, 6) is 0.269. The molecule has 160 valence electrons. The lowest BCUT2D eigenvalue weighted by Crippen LogP contribution is -2.31. The van der Waals surface area contributed by atoms with Gasteiger partial charge in [-0.15, -0.1) is 0 Å². The third-order valence-corrected chi connectivity index (χ3v) is 5.55. The van der Waals surface area contributed by atoms with Gasteiger partial charge in [0, 0.05) is 38.3 Å². The fourth-order valence-corrected chi connectivity index (χ4v) is 3.76. The van der Waals surface area contributed by atoms with E-state index in [1.165, 1.54) is 35.4 Å². The van der Waals surface area contributed by atoms with Gasteiger partial charge in [0.05, 0.1) is 11.9 Å². The predicted molar refractivity (Wildman–Crippen MR) is 122 cm³/mol. The third-order valence-electron chi connectivity index (χ3n) is 5.55. The minimum Gasteiger partial charge on any atom is -0.355 e. The molecule has 4 rings (SSSR count). The summed E-state index contributed by atoms with van der Waals surface area (Å²) in [6.07, 6.45) is 2.75. The highest BCUT2D eigenvalue weighted by Gasteiger charge is 2.16. The number of carbonyl (C=O) groups is 1. The number of pyridine rings is 1. The number of aromatic nitrogens is 1. The number of rotatable bonds is 5. The van der Waals surface area contributed by atoms with E-state index in [4.69, 9.17) is 0 Å². The number of amides is 1. The van der Waals surface area contributed by atoms with Gasteiger partial charge in [0.25, 0.3) is 5.91 Å². The first-order valence-electron chi connectivity index (χ1n) is 10.6. The van der Waals surface area contributed by atoms with Gasteiger partial charge in [-0.2, -0.15) is 0 Å². The number of halogens is 1. The van der Waals surface area contributed by atoms with E-state index in [1.807, 2.05) is 12.1 Å². The normalized spacial score (nSPS) is 14.8. The van der Waals surface area contributed by atoms with Crippen molar-refractivity contribution in [3.8, 4) is 0 Å². The van der Waals surface area contributed by atoms with Gasteiger partial charge < -0.3 is 10.2 Å². The second-order valence-corrected chi connectivity index (χ2v) is 7.97. The van der Waals surface area contributed by atoms with Gasteiger partial charge in [0.15, 0.2) is 0 Å². The van der Waals surface area contributed by atoms with Crippen LogP contribution >= 0.6 is 0 Å². The van der Waals surface area contributed by atoms with Crippen LogP contribution < -0.4 is 10.2 Å². The average molecular weight is 419 g/mol. The average Bonchev–Trinajstić information content (AvgIpc) is 3.02. The van der Waals surface area contributed by atoms with Gasteiger partial charge in [0.2, 0.25) is 0 Å². The van der Waals surface area contributed by atoms with E-state index in [9.17, 15) is 9.18 Å². The summed E-state index contributed by atoms with van der Waals surface area (Å²) >= 11 is 0. The molecule has 1 aromatic heterocycles. The van der Waals surface area contributed by atoms with Crippen LogP contribution in [0.4, 0.5) is 15.9 Å². The molecule has 2 aromatic carbocycles. The molecule has 6 heteroatoms. The van der Waals surface area contributed by atoms with E-state index >= 15 is 0 Å². The molecular formula is C25H27FN4O. The number of carbonyl (C=O) groups excluding carboxylic acids is 1. The highest BCUT2D eigenvalue weighted by molar-refractivity contribution is 6.04. The molecular weight excluding hydrogens is 391 g/mol. The third kappa shape index (κ3) is 5.67. The van der Waals surface area contributed by atoms with E-state index < -0.39 is 0 Å². The van der Waals surface area contributed by atoms with Crippen molar-refractivity contribution in [1.29, 1.82) is 0 Å². The number of benzene rings is 2. The van der Waals surface area contributed by atoms with Crippen molar-refractivity contribution in [2.75, 3.05) is 36.4 Å².